The molecule has 2 N–H and O–H groups in total. The van der Waals surface area contributed by atoms with Crippen LogP contribution in [0.4, 0.5) is 11.6 Å². The molecular weight excluding hydrogens is 198 g/mol. The van der Waals surface area contributed by atoms with Crippen molar-refractivity contribution in [3.8, 4) is 0 Å². The quantitative estimate of drug-likeness (QED) is 0.789. The molecule has 88 valence electrons. The molecule has 3 heteroatoms. The number of pyridine rings is 1. The van der Waals surface area contributed by atoms with E-state index in [9.17, 15) is 0 Å². The molecule has 1 aliphatic heterocycles. The largest absolute Gasteiger partial charge is 0.383 e. The second kappa shape index (κ2) is 4.32. The van der Waals surface area contributed by atoms with Crippen molar-refractivity contribution in [2.24, 2.45) is 11.8 Å². The summed E-state index contributed by atoms with van der Waals surface area (Å²) < 4.78 is 0. The van der Waals surface area contributed by atoms with Crippen LogP contribution in [0.15, 0.2) is 12.1 Å². The minimum atomic E-state index is 0.656. The SMILES string of the molecule is Cc1ccc(N2CC(C)CC(C)C2)nc1N. The van der Waals surface area contributed by atoms with E-state index < -0.39 is 0 Å². The summed E-state index contributed by atoms with van der Waals surface area (Å²) in [5.41, 5.74) is 6.92. The number of aryl methyl sites for hydroxylation is 1. The third-order valence-electron chi connectivity index (χ3n) is 3.31. The van der Waals surface area contributed by atoms with Crippen LogP contribution in [0.1, 0.15) is 25.8 Å². The maximum Gasteiger partial charge on any atom is 0.130 e. The lowest BCUT2D eigenvalue weighted by atomic mass is 9.92. The summed E-state index contributed by atoms with van der Waals surface area (Å²) >= 11 is 0. The summed E-state index contributed by atoms with van der Waals surface area (Å²) in [7, 11) is 0. The summed E-state index contributed by atoms with van der Waals surface area (Å²) in [6, 6.07) is 4.14. The fourth-order valence-corrected chi connectivity index (χ4v) is 2.56. The highest BCUT2D eigenvalue weighted by molar-refractivity contribution is 5.49. The van der Waals surface area contributed by atoms with Gasteiger partial charge in [-0.25, -0.2) is 4.98 Å². The van der Waals surface area contributed by atoms with Crippen LogP contribution in [-0.4, -0.2) is 18.1 Å². The Morgan fingerprint density at radius 1 is 1.25 bits per heavy atom. The maximum absolute atomic E-state index is 5.86. The van der Waals surface area contributed by atoms with Crippen molar-refractivity contribution in [1.82, 2.24) is 4.98 Å². The topological polar surface area (TPSA) is 42.2 Å². The number of nitrogen functional groups attached to an aromatic ring is 1. The summed E-state index contributed by atoms with van der Waals surface area (Å²) in [5.74, 6) is 3.17. The van der Waals surface area contributed by atoms with E-state index in [0.29, 0.717) is 5.82 Å². The van der Waals surface area contributed by atoms with Crippen LogP contribution >= 0.6 is 0 Å². The number of nitrogens with zero attached hydrogens (tertiary/aromatic N) is 2. The Bertz CT molecular complexity index is 365. The standard InChI is InChI=1S/C13H21N3/c1-9-6-10(2)8-16(7-9)12-5-4-11(3)13(14)15-12/h4-5,9-10H,6-8H2,1-3H3,(H2,14,15). The van der Waals surface area contributed by atoms with Gasteiger partial charge in [-0.2, -0.15) is 0 Å². The molecule has 0 spiro atoms. The molecule has 1 aromatic heterocycles. The van der Waals surface area contributed by atoms with Crippen molar-refractivity contribution >= 4 is 11.6 Å². The van der Waals surface area contributed by atoms with Crippen LogP contribution in [-0.2, 0) is 0 Å². The smallest absolute Gasteiger partial charge is 0.130 e. The first-order chi connectivity index (χ1) is 7.56. The Morgan fingerprint density at radius 2 is 1.88 bits per heavy atom. The van der Waals surface area contributed by atoms with Crippen molar-refractivity contribution in [3.05, 3.63) is 17.7 Å². The predicted octanol–water partition coefficient (Wildman–Crippen LogP) is 2.45. The highest BCUT2D eigenvalue weighted by atomic mass is 15.2. The molecular formula is C13H21N3. The minimum Gasteiger partial charge on any atom is -0.383 e. The number of anilines is 2. The first-order valence-corrected chi connectivity index (χ1v) is 6.04. The van der Waals surface area contributed by atoms with Crippen LogP contribution in [0.3, 0.4) is 0 Å². The van der Waals surface area contributed by atoms with Crippen LogP contribution in [0, 0.1) is 18.8 Å². The molecule has 1 fully saturated rings. The van der Waals surface area contributed by atoms with E-state index in [2.05, 4.69) is 35.9 Å². The van der Waals surface area contributed by atoms with Crippen LogP contribution in [0.2, 0.25) is 0 Å². The van der Waals surface area contributed by atoms with Crippen molar-refractivity contribution in [1.29, 1.82) is 0 Å². The van der Waals surface area contributed by atoms with Gasteiger partial charge in [-0.05, 0) is 36.8 Å². The first-order valence-electron chi connectivity index (χ1n) is 6.04. The van der Waals surface area contributed by atoms with Crippen molar-refractivity contribution in [2.75, 3.05) is 23.7 Å². The van der Waals surface area contributed by atoms with E-state index in [-0.39, 0.29) is 0 Å². The average Bonchev–Trinajstić information content (AvgIpc) is 2.20. The molecule has 1 saturated heterocycles. The Hall–Kier alpha value is -1.25. The average molecular weight is 219 g/mol. The fourth-order valence-electron chi connectivity index (χ4n) is 2.56. The molecule has 16 heavy (non-hydrogen) atoms. The van der Waals surface area contributed by atoms with Gasteiger partial charge < -0.3 is 10.6 Å². The summed E-state index contributed by atoms with van der Waals surface area (Å²) in [6.07, 6.45) is 1.32. The van der Waals surface area contributed by atoms with Crippen molar-refractivity contribution in [2.45, 2.75) is 27.2 Å². The van der Waals surface area contributed by atoms with Crippen molar-refractivity contribution in [3.63, 3.8) is 0 Å². The van der Waals surface area contributed by atoms with E-state index in [1.807, 2.05) is 6.92 Å². The molecule has 0 bridgehead atoms. The summed E-state index contributed by atoms with van der Waals surface area (Å²) in [5, 5.41) is 0. The number of piperidine rings is 1. The number of hydrogen-bond donors (Lipinski definition) is 1. The number of hydrogen-bond acceptors (Lipinski definition) is 3. The zero-order chi connectivity index (χ0) is 11.7. The van der Waals surface area contributed by atoms with Gasteiger partial charge in [0.05, 0.1) is 0 Å². The van der Waals surface area contributed by atoms with E-state index in [4.69, 9.17) is 5.73 Å². The van der Waals surface area contributed by atoms with Crippen LogP contribution < -0.4 is 10.6 Å². The number of rotatable bonds is 1. The summed E-state index contributed by atoms with van der Waals surface area (Å²) in [6.45, 7) is 8.80. The van der Waals surface area contributed by atoms with E-state index >= 15 is 0 Å². The van der Waals surface area contributed by atoms with Gasteiger partial charge in [0, 0.05) is 13.1 Å². The Kier molecular flexibility index (Phi) is 3.03. The Labute approximate surface area is 97.7 Å². The molecule has 1 aromatic rings. The lowest BCUT2D eigenvalue weighted by molar-refractivity contribution is 0.355. The number of nitrogens with two attached hydrogens (primary N) is 1. The van der Waals surface area contributed by atoms with Gasteiger partial charge >= 0.3 is 0 Å². The third-order valence-corrected chi connectivity index (χ3v) is 3.31. The first kappa shape index (κ1) is 11.2. The Morgan fingerprint density at radius 3 is 2.44 bits per heavy atom. The van der Waals surface area contributed by atoms with Gasteiger partial charge in [0.1, 0.15) is 11.6 Å². The molecule has 0 aliphatic carbocycles. The number of aromatic nitrogens is 1. The molecule has 2 heterocycles. The predicted molar refractivity (Wildman–Crippen MR) is 68.5 cm³/mol. The highest BCUT2D eigenvalue weighted by Crippen LogP contribution is 2.25. The van der Waals surface area contributed by atoms with Gasteiger partial charge in [-0.3, -0.25) is 0 Å². The fraction of sp³-hybridized carbons (Fsp3) is 0.615. The lowest BCUT2D eigenvalue weighted by Gasteiger charge is -2.35. The normalized spacial score (nSPS) is 25.8. The van der Waals surface area contributed by atoms with E-state index in [1.165, 1.54) is 6.42 Å². The van der Waals surface area contributed by atoms with Gasteiger partial charge in [0.25, 0.3) is 0 Å². The molecule has 1 aliphatic rings. The van der Waals surface area contributed by atoms with E-state index in [0.717, 1.165) is 36.3 Å². The molecule has 0 radical (unpaired) electrons. The minimum absolute atomic E-state index is 0.656. The molecule has 2 rings (SSSR count). The monoisotopic (exact) mass is 219 g/mol. The molecule has 0 saturated carbocycles. The molecule has 2 atom stereocenters. The second-order valence-electron chi connectivity index (χ2n) is 5.22. The van der Waals surface area contributed by atoms with E-state index in [1.54, 1.807) is 0 Å². The van der Waals surface area contributed by atoms with Crippen LogP contribution in [0.5, 0.6) is 0 Å². The molecule has 0 aromatic carbocycles. The maximum atomic E-state index is 5.86. The lowest BCUT2D eigenvalue weighted by Crippen LogP contribution is -2.39. The Balaban J connectivity index is 2.19. The highest BCUT2D eigenvalue weighted by Gasteiger charge is 2.22. The zero-order valence-corrected chi connectivity index (χ0v) is 10.4. The van der Waals surface area contributed by atoms with Crippen molar-refractivity contribution < 1.29 is 0 Å². The van der Waals surface area contributed by atoms with Crippen LogP contribution in [0.25, 0.3) is 0 Å². The third kappa shape index (κ3) is 2.29. The second-order valence-corrected chi connectivity index (χ2v) is 5.22. The molecule has 3 nitrogen and oxygen atoms in total. The van der Waals surface area contributed by atoms with Gasteiger partial charge in [-0.1, -0.05) is 19.9 Å². The van der Waals surface area contributed by atoms with Gasteiger partial charge in [0.15, 0.2) is 0 Å². The van der Waals surface area contributed by atoms with Gasteiger partial charge in [-0.15, -0.1) is 0 Å². The molecule has 2 unspecified atom stereocenters. The molecule has 0 amide bonds. The zero-order valence-electron chi connectivity index (χ0n) is 10.4. The summed E-state index contributed by atoms with van der Waals surface area (Å²) in [4.78, 5) is 6.82. The van der Waals surface area contributed by atoms with Gasteiger partial charge in [0.2, 0.25) is 0 Å².